The summed E-state index contributed by atoms with van der Waals surface area (Å²) in [5.41, 5.74) is 7.43. The van der Waals surface area contributed by atoms with Crippen molar-refractivity contribution in [2.75, 3.05) is 12.3 Å². The fourth-order valence-corrected chi connectivity index (χ4v) is 1.79. The molecule has 0 heterocycles. The number of nitrogens with one attached hydrogen (secondary N) is 1. The number of carbonyl (C=O) groups is 1. The molecule has 0 radical (unpaired) electrons. The lowest BCUT2D eigenvalue weighted by molar-refractivity contribution is 0.140. The van der Waals surface area contributed by atoms with Crippen molar-refractivity contribution in [1.29, 1.82) is 0 Å². The van der Waals surface area contributed by atoms with Gasteiger partial charge < -0.3 is 20.9 Å². The molecule has 2 aromatic carbocycles. The maximum absolute atomic E-state index is 11.5. The molecule has 23 heavy (non-hydrogen) atoms. The molecule has 0 saturated heterocycles. The summed E-state index contributed by atoms with van der Waals surface area (Å²) in [7, 11) is 0. The number of rotatable bonds is 4. The predicted molar refractivity (Wildman–Crippen MR) is 88.6 cm³/mol. The maximum Gasteiger partial charge on any atom is 0.407 e. The number of phenolic OH excluding ortho intramolecular Hbond substituents is 1. The van der Waals surface area contributed by atoms with E-state index in [1.54, 1.807) is 12.1 Å². The van der Waals surface area contributed by atoms with Gasteiger partial charge in [-0.2, -0.15) is 0 Å². The number of anilines is 1. The van der Waals surface area contributed by atoms with Gasteiger partial charge in [0.1, 0.15) is 12.4 Å². The average molecular weight is 310 g/mol. The molecule has 0 unspecified atom stereocenters. The largest absolute Gasteiger partial charge is 0.506 e. The number of ether oxygens (including phenoxy) is 1. The number of hydrogen-bond acceptors (Lipinski definition) is 4. The van der Waals surface area contributed by atoms with Crippen LogP contribution in [-0.2, 0) is 11.3 Å². The number of alkyl carbamates (subject to hydrolysis) is 1. The van der Waals surface area contributed by atoms with Crippen LogP contribution < -0.4 is 11.1 Å². The van der Waals surface area contributed by atoms with Gasteiger partial charge in [-0.05, 0) is 23.8 Å². The standard InChI is InChI=1S/C18H18N2O3/c19-16-10-9-14(12-17(16)21)6-4-5-11-20-18(22)23-13-15-7-2-1-3-8-15/h1-3,7-10,12,21H,5,11,13,19H2,(H,20,22). The zero-order valence-corrected chi connectivity index (χ0v) is 12.6. The summed E-state index contributed by atoms with van der Waals surface area (Å²) in [5, 5.41) is 12.1. The average Bonchev–Trinajstić information content (AvgIpc) is 2.57. The smallest absolute Gasteiger partial charge is 0.407 e. The molecule has 0 bridgehead atoms. The quantitative estimate of drug-likeness (QED) is 0.351. The van der Waals surface area contributed by atoms with Crippen LogP contribution in [0.5, 0.6) is 5.75 Å². The van der Waals surface area contributed by atoms with E-state index in [1.165, 1.54) is 6.07 Å². The summed E-state index contributed by atoms with van der Waals surface area (Å²) in [6.45, 7) is 0.630. The fraction of sp³-hybridized carbons (Fsp3) is 0.167. The van der Waals surface area contributed by atoms with Crippen LogP contribution in [0.3, 0.4) is 0 Å². The molecule has 5 nitrogen and oxygen atoms in total. The molecule has 5 heteroatoms. The number of benzene rings is 2. The van der Waals surface area contributed by atoms with E-state index in [4.69, 9.17) is 10.5 Å². The Morgan fingerprint density at radius 2 is 2.00 bits per heavy atom. The summed E-state index contributed by atoms with van der Waals surface area (Å²) >= 11 is 0. The van der Waals surface area contributed by atoms with Crippen molar-refractivity contribution in [2.24, 2.45) is 0 Å². The SMILES string of the molecule is Nc1ccc(C#CCCNC(=O)OCc2ccccc2)cc1O. The lowest BCUT2D eigenvalue weighted by atomic mass is 10.2. The predicted octanol–water partition coefficient (Wildman–Crippen LogP) is 2.64. The van der Waals surface area contributed by atoms with E-state index in [-0.39, 0.29) is 12.4 Å². The van der Waals surface area contributed by atoms with Gasteiger partial charge in [-0.25, -0.2) is 4.79 Å². The van der Waals surface area contributed by atoms with E-state index in [0.717, 1.165) is 5.56 Å². The van der Waals surface area contributed by atoms with Gasteiger partial charge >= 0.3 is 6.09 Å². The summed E-state index contributed by atoms with van der Waals surface area (Å²) in [6.07, 6.45) is 0.00626. The van der Waals surface area contributed by atoms with Crippen molar-refractivity contribution in [1.82, 2.24) is 5.32 Å². The molecular formula is C18H18N2O3. The van der Waals surface area contributed by atoms with Gasteiger partial charge in [0.25, 0.3) is 0 Å². The van der Waals surface area contributed by atoms with Gasteiger partial charge in [-0.3, -0.25) is 0 Å². The molecule has 4 N–H and O–H groups in total. The number of carbonyl (C=O) groups excluding carboxylic acids is 1. The van der Waals surface area contributed by atoms with Crippen LogP contribution in [0.15, 0.2) is 48.5 Å². The second-order valence-electron chi connectivity index (χ2n) is 4.81. The molecule has 0 fully saturated rings. The van der Waals surface area contributed by atoms with Crippen molar-refractivity contribution in [3.8, 4) is 17.6 Å². The summed E-state index contributed by atoms with van der Waals surface area (Å²) in [5.74, 6) is 5.81. The summed E-state index contributed by atoms with van der Waals surface area (Å²) in [6, 6.07) is 14.3. The Kier molecular flexibility index (Phi) is 5.89. The first-order valence-electron chi connectivity index (χ1n) is 7.17. The molecule has 2 rings (SSSR count). The number of phenols is 1. The fourth-order valence-electron chi connectivity index (χ4n) is 1.79. The third-order valence-corrected chi connectivity index (χ3v) is 3.00. The molecule has 0 spiro atoms. The van der Waals surface area contributed by atoms with Gasteiger partial charge in [0.2, 0.25) is 0 Å². The first-order chi connectivity index (χ1) is 11.1. The normalized spacial score (nSPS) is 9.57. The number of aromatic hydroxyl groups is 1. The van der Waals surface area contributed by atoms with Crippen LogP contribution in [0.2, 0.25) is 0 Å². The van der Waals surface area contributed by atoms with Gasteiger partial charge in [-0.1, -0.05) is 42.2 Å². The topological polar surface area (TPSA) is 84.6 Å². The summed E-state index contributed by atoms with van der Waals surface area (Å²) < 4.78 is 5.08. The second-order valence-corrected chi connectivity index (χ2v) is 4.81. The highest BCUT2D eigenvalue weighted by Crippen LogP contribution is 2.19. The Bertz CT molecular complexity index is 718. The first kappa shape index (κ1) is 16.2. The monoisotopic (exact) mass is 310 g/mol. The first-order valence-corrected chi connectivity index (χ1v) is 7.17. The highest BCUT2D eigenvalue weighted by molar-refractivity contribution is 5.67. The minimum atomic E-state index is -0.471. The van der Waals surface area contributed by atoms with Crippen LogP contribution in [0.25, 0.3) is 0 Å². The molecule has 118 valence electrons. The summed E-state index contributed by atoms with van der Waals surface area (Å²) in [4.78, 5) is 11.5. The zero-order chi connectivity index (χ0) is 16.5. The molecule has 0 atom stereocenters. The van der Waals surface area contributed by atoms with Crippen molar-refractivity contribution in [2.45, 2.75) is 13.0 Å². The Morgan fingerprint density at radius 1 is 1.22 bits per heavy atom. The third kappa shape index (κ3) is 5.64. The molecule has 0 aliphatic carbocycles. The van der Waals surface area contributed by atoms with Gasteiger partial charge in [0.05, 0.1) is 5.69 Å². The van der Waals surface area contributed by atoms with Crippen molar-refractivity contribution in [3.63, 3.8) is 0 Å². The third-order valence-electron chi connectivity index (χ3n) is 3.00. The Hall–Kier alpha value is -3.13. The van der Waals surface area contributed by atoms with E-state index >= 15 is 0 Å². The lowest BCUT2D eigenvalue weighted by Gasteiger charge is -2.05. The van der Waals surface area contributed by atoms with Crippen molar-refractivity contribution < 1.29 is 14.6 Å². The van der Waals surface area contributed by atoms with E-state index in [9.17, 15) is 9.90 Å². The van der Waals surface area contributed by atoms with E-state index in [1.807, 2.05) is 30.3 Å². The number of hydrogen-bond donors (Lipinski definition) is 3. The van der Waals surface area contributed by atoms with E-state index in [0.29, 0.717) is 24.2 Å². The number of amides is 1. The van der Waals surface area contributed by atoms with Crippen LogP contribution in [0.4, 0.5) is 10.5 Å². The zero-order valence-electron chi connectivity index (χ0n) is 12.6. The highest BCUT2D eigenvalue weighted by Gasteiger charge is 2.00. The Balaban J connectivity index is 1.68. The van der Waals surface area contributed by atoms with Crippen molar-refractivity contribution >= 4 is 11.8 Å². The number of nitrogens with two attached hydrogens (primary N) is 1. The molecule has 0 saturated carbocycles. The highest BCUT2D eigenvalue weighted by atomic mass is 16.5. The van der Waals surface area contributed by atoms with Gasteiger partial charge in [0.15, 0.2) is 0 Å². The van der Waals surface area contributed by atoms with Crippen LogP contribution in [-0.4, -0.2) is 17.7 Å². The Labute approximate surface area is 135 Å². The lowest BCUT2D eigenvalue weighted by Crippen LogP contribution is -2.24. The molecule has 2 aromatic rings. The minimum absolute atomic E-state index is 0.0133. The van der Waals surface area contributed by atoms with Crippen LogP contribution >= 0.6 is 0 Å². The van der Waals surface area contributed by atoms with Gasteiger partial charge in [-0.15, -0.1) is 0 Å². The minimum Gasteiger partial charge on any atom is -0.506 e. The van der Waals surface area contributed by atoms with Crippen molar-refractivity contribution in [3.05, 3.63) is 59.7 Å². The number of nitrogen functional groups attached to an aromatic ring is 1. The van der Waals surface area contributed by atoms with Crippen LogP contribution in [0.1, 0.15) is 17.5 Å². The molecule has 0 aliphatic rings. The molecular weight excluding hydrogens is 292 g/mol. The van der Waals surface area contributed by atoms with E-state index in [2.05, 4.69) is 17.2 Å². The molecule has 1 amide bonds. The maximum atomic E-state index is 11.5. The van der Waals surface area contributed by atoms with Gasteiger partial charge in [0, 0.05) is 18.5 Å². The second kappa shape index (κ2) is 8.35. The van der Waals surface area contributed by atoms with Crippen LogP contribution in [0, 0.1) is 11.8 Å². The van der Waals surface area contributed by atoms with E-state index < -0.39 is 6.09 Å². The molecule has 0 aromatic heterocycles. The molecule has 0 aliphatic heterocycles. The Morgan fingerprint density at radius 3 is 2.74 bits per heavy atom.